The average molecular weight is 570 g/mol. The molecule has 5 rings (SSSR count). The number of piperidine rings is 2. The molecule has 0 radical (unpaired) electrons. The fourth-order valence-electron chi connectivity index (χ4n) is 11.2. The molecule has 5 fully saturated rings. The molecule has 0 N–H and O–H groups in total. The van der Waals surface area contributed by atoms with Crippen LogP contribution in [0.4, 0.5) is 0 Å². The maximum absolute atomic E-state index is 3.14. The second kappa shape index (κ2) is 9.69. The molecule has 0 amide bonds. The molecule has 3 heterocycles. The van der Waals surface area contributed by atoms with Gasteiger partial charge in [-0.3, -0.25) is 14.7 Å². The molecule has 0 aromatic heterocycles. The zero-order valence-electron chi connectivity index (χ0n) is 30.5. The van der Waals surface area contributed by atoms with E-state index in [0.29, 0.717) is 28.3 Å². The molecule has 2 saturated carbocycles. The van der Waals surface area contributed by atoms with Gasteiger partial charge in [-0.15, -0.1) is 0 Å². The van der Waals surface area contributed by atoms with Gasteiger partial charge in [-0.2, -0.15) is 0 Å². The highest BCUT2D eigenvalue weighted by atomic mass is 15.3. The van der Waals surface area contributed by atoms with Crippen LogP contribution in [-0.4, -0.2) is 68.6 Å². The molecule has 238 valence electrons. The van der Waals surface area contributed by atoms with Gasteiger partial charge in [0, 0.05) is 47.3 Å². The molecule has 5 aliphatic rings. The summed E-state index contributed by atoms with van der Waals surface area (Å²) < 4.78 is 0. The van der Waals surface area contributed by atoms with Crippen LogP contribution >= 0.6 is 0 Å². The molecular formula is C38H71N3. The SMILES string of the molecule is CC(C)(C)C1C2C(CN1C(C)(C)C)C2CC(C)(C)N1C2C(CC1C(C)(C)C)C2CC(C)(C)C1CCCN1C(C)(C)C. The number of likely N-dealkylation sites (tertiary alicyclic amines) is 3. The maximum Gasteiger partial charge on any atom is 0.0183 e. The molecule has 3 heteroatoms. The topological polar surface area (TPSA) is 9.72 Å². The van der Waals surface area contributed by atoms with Crippen molar-refractivity contribution in [2.45, 2.75) is 184 Å². The van der Waals surface area contributed by atoms with Crippen molar-refractivity contribution in [1.82, 2.24) is 14.7 Å². The van der Waals surface area contributed by atoms with Crippen molar-refractivity contribution in [1.29, 1.82) is 0 Å². The largest absolute Gasteiger partial charge is 0.295 e. The van der Waals surface area contributed by atoms with E-state index in [1.54, 1.807) is 0 Å². The van der Waals surface area contributed by atoms with E-state index < -0.39 is 0 Å². The van der Waals surface area contributed by atoms with Crippen LogP contribution in [0.25, 0.3) is 0 Å². The number of rotatable bonds is 6. The summed E-state index contributed by atoms with van der Waals surface area (Å²) in [7, 11) is 0. The smallest absolute Gasteiger partial charge is 0.0183 e. The summed E-state index contributed by atoms with van der Waals surface area (Å²) in [5, 5.41) is 0. The minimum absolute atomic E-state index is 0.265. The molecule has 41 heavy (non-hydrogen) atoms. The number of fused-ring (bicyclic) bond motifs is 2. The Kier molecular flexibility index (Phi) is 7.63. The van der Waals surface area contributed by atoms with E-state index in [1.165, 1.54) is 45.2 Å². The van der Waals surface area contributed by atoms with Gasteiger partial charge in [0.1, 0.15) is 0 Å². The van der Waals surface area contributed by atoms with Gasteiger partial charge in [0.25, 0.3) is 0 Å². The summed E-state index contributed by atoms with van der Waals surface area (Å²) >= 11 is 0. The Hall–Kier alpha value is -0.120. The van der Waals surface area contributed by atoms with Crippen molar-refractivity contribution in [3.05, 3.63) is 0 Å². The highest BCUT2D eigenvalue weighted by molar-refractivity contribution is 5.21. The van der Waals surface area contributed by atoms with Crippen LogP contribution in [0.5, 0.6) is 0 Å². The number of hydrogen-bond donors (Lipinski definition) is 0. The Balaban J connectivity index is 1.32. The lowest BCUT2D eigenvalue weighted by atomic mass is 9.75. The predicted molar refractivity (Wildman–Crippen MR) is 177 cm³/mol. The molecule has 3 saturated heterocycles. The minimum Gasteiger partial charge on any atom is -0.295 e. The Morgan fingerprint density at radius 2 is 1.20 bits per heavy atom. The first kappa shape index (κ1) is 32.3. The highest BCUT2D eigenvalue weighted by Crippen LogP contribution is 2.66. The van der Waals surface area contributed by atoms with Crippen molar-refractivity contribution in [2.75, 3.05) is 13.1 Å². The Bertz CT molecular complexity index is 965. The fraction of sp³-hybridized carbons (Fsp3) is 1.00. The summed E-state index contributed by atoms with van der Waals surface area (Å²) in [5.41, 5.74) is 1.88. The third-order valence-electron chi connectivity index (χ3n) is 12.9. The average Bonchev–Trinajstić information content (AvgIpc) is 3.35. The molecule has 9 unspecified atom stereocenters. The molecule has 9 atom stereocenters. The summed E-state index contributed by atoms with van der Waals surface area (Å²) in [6.45, 7) is 42.8. The van der Waals surface area contributed by atoms with E-state index in [0.717, 1.165) is 41.7 Å². The van der Waals surface area contributed by atoms with Crippen LogP contribution in [0.15, 0.2) is 0 Å². The van der Waals surface area contributed by atoms with E-state index in [-0.39, 0.29) is 16.6 Å². The molecule has 0 aromatic rings. The van der Waals surface area contributed by atoms with Crippen molar-refractivity contribution in [3.8, 4) is 0 Å². The van der Waals surface area contributed by atoms with Crippen molar-refractivity contribution in [2.24, 2.45) is 45.8 Å². The minimum atomic E-state index is 0.265. The lowest BCUT2D eigenvalue weighted by molar-refractivity contribution is -0.00937. The second-order valence-electron chi connectivity index (χ2n) is 21.1. The molecule has 3 nitrogen and oxygen atoms in total. The third kappa shape index (κ3) is 5.74. The fourth-order valence-corrected chi connectivity index (χ4v) is 11.2. The van der Waals surface area contributed by atoms with E-state index in [2.05, 4.69) is 125 Å². The van der Waals surface area contributed by atoms with E-state index >= 15 is 0 Å². The molecule has 0 spiro atoms. The summed E-state index contributed by atoms with van der Waals surface area (Å²) in [6, 6.07) is 2.97. The van der Waals surface area contributed by atoms with Gasteiger partial charge in [-0.25, -0.2) is 0 Å². The Morgan fingerprint density at radius 3 is 1.71 bits per heavy atom. The second-order valence-corrected chi connectivity index (χ2v) is 21.1. The van der Waals surface area contributed by atoms with Crippen molar-refractivity contribution < 1.29 is 0 Å². The molecule has 3 aliphatic heterocycles. The first-order valence-corrected chi connectivity index (χ1v) is 17.7. The maximum atomic E-state index is 3.14. The zero-order valence-corrected chi connectivity index (χ0v) is 30.5. The van der Waals surface area contributed by atoms with Crippen LogP contribution in [0, 0.1) is 45.8 Å². The van der Waals surface area contributed by atoms with Gasteiger partial charge in [-0.05, 0) is 140 Å². The van der Waals surface area contributed by atoms with Crippen molar-refractivity contribution >= 4 is 0 Å². The third-order valence-corrected chi connectivity index (χ3v) is 12.9. The van der Waals surface area contributed by atoms with Crippen molar-refractivity contribution in [3.63, 3.8) is 0 Å². The van der Waals surface area contributed by atoms with Gasteiger partial charge in [-0.1, -0.05) is 55.4 Å². The van der Waals surface area contributed by atoms with Gasteiger partial charge in [0.15, 0.2) is 0 Å². The summed E-state index contributed by atoms with van der Waals surface area (Å²) in [5.74, 6) is 4.51. The first-order chi connectivity index (χ1) is 18.4. The van der Waals surface area contributed by atoms with E-state index in [1.807, 2.05) is 0 Å². The van der Waals surface area contributed by atoms with Crippen LogP contribution < -0.4 is 0 Å². The van der Waals surface area contributed by atoms with Gasteiger partial charge in [0.05, 0.1) is 0 Å². The van der Waals surface area contributed by atoms with E-state index in [9.17, 15) is 0 Å². The van der Waals surface area contributed by atoms with Crippen LogP contribution in [-0.2, 0) is 0 Å². The number of nitrogens with zero attached hydrogens (tertiary/aromatic N) is 3. The normalized spacial score (nSPS) is 39.4. The Labute approximate surface area is 256 Å². The number of hydrogen-bond acceptors (Lipinski definition) is 3. The van der Waals surface area contributed by atoms with Crippen LogP contribution in [0.1, 0.15) is 143 Å². The monoisotopic (exact) mass is 570 g/mol. The standard InChI is InChI=1S/C38H71N3/c1-33(2,3)29-20-24-26(21-37(13,14)28-18-17-19-39(28)35(7,8)9)31(24)41(29)38(15,16)22-25-27-23-40(36(10,11)12)32(30(25)27)34(4,5)6/h24-32H,17-23H2,1-16H3. The Morgan fingerprint density at radius 1 is 0.610 bits per heavy atom. The van der Waals surface area contributed by atoms with Crippen LogP contribution in [0.3, 0.4) is 0 Å². The zero-order chi connectivity index (χ0) is 30.9. The van der Waals surface area contributed by atoms with E-state index in [4.69, 9.17) is 0 Å². The van der Waals surface area contributed by atoms with Gasteiger partial charge in [0.2, 0.25) is 0 Å². The predicted octanol–water partition coefficient (Wildman–Crippen LogP) is 8.96. The molecule has 2 aliphatic carbocycles. The van der Waals surface area contributed by atoms with Crippen LogP contribution in [0.2, 0.25) is 0 Å². The first-order valence-electron chi connectivity index (χ1n) is 17.7. The molecule has 0 aromatic carbocycles. The lowest BCUT2D eigenvalue weighted by Crippen LogP contribution is -2.55. The van der Waals surface area contributed by atoms with Gasteiger partial charge < -0.3 is 0 Å². The molecule has 0 bridgehead atoms. The highest BCUT2D eigenvalue weighted by Gasteiger charge is 2.69. The summed E-state index contributed by atoms with van der Waals surface area (Å²) in [4.78, 5) is 8.86. The van der Waals surface area contributed by atoms with Gasteiger partial charge >= 0.3 is 0 Å². The molecular weight excluding hydrogens is 498 g/mol. The quantitative estimate of drug-likeness (QED) is 0.316. The summed E-state index contributed by atoms with van der Waals surface area (Å²) in [6.07, 6.45) is 6.98. The lowest BCUT2D eigenvalue weighted by Gasteiger charge is -2.49.